The highest BCUT2D eigenvalue weighted by atomic mass is 28.3. The first-order valence-electron chi connectivity index (χ1n) is 4.99. The fourth-order valence-electron chi connectivity index (χ4n) is 2.72. The lowest BCUT2D eigenvalue weighted by Gasteiger charge is -2.35. The Kier molecular flexibility index (Phi) is 2.06. The van der Waals surface area contributed by atoms with Crippen molar-refractivity contribution in [3.05, 3.63) is 0 Å². The monoisotopic (exact) mass is 169 g/mol. The molecule has 2 aliphatic rings. The number of hydrogen-bond acceptors (Lipinski definition) is 1. The standard InChI is InChI=1S/C9H19NSi/c1-10-4-8-11(9-5-10)6-2-3-7-11/h2-9H2,1H3. The molecule has 2 aliphatic heterocycles. The topological polar surface area (TPSA) is 3.24 Å². The van der Waals surface area contributed by atoms with Crippen LogP contribution in [0.15, 0.2) is 0 Å². The SMILES string of the molecule is CN1CC[Si]2(CCCC2)CC1. The molecule has 0 unspecified atom stereocenters. The molecule has 2 saturated heterocycles. The van der Waals surface area contributed by atoms with E-state index >= 15 is 0 Å². The third-order valence-corrected chi connectivity index (χ3v) is 9.11. The third-order valence-electron chi connectivity index (χ3n) is 3.71. The van der Waals surface area contributed by atoms with Crippen molar-refractivity contribution < 1.29 is 0 Å². The van der Waals surface area contributed by atoms with Crippen LogP contribution in [0.4, 0.5) is 0 Å². The molecule has 1 spiro atoms. The summed E-state index contributed by atoms with van der Waals surface area (Å²) in [5, 5.41) is 0. The van der Waals surface area contributed by atoms with Gasteiger partial charge in [-0.05, 0) is 32.2 Å². The maximum Gasteiger partial charge on any atom is 0.0561 e. The van der Waals surface area contributed by atoms with Crippen molar-refractivity contribution in [3.8, 4) is 0 Å². The zero-order valence-corrected chi connectivity index (χ0v) is 8.60. The van der Waals surface area contributed by atoms with Crippen molar-refractivity contribution in [1.82, 2.24) is 4.90 Å². The molecule has 0 bridgehead atoms. The number of nitrogens with zero attached hydrogens (tertiary/aromatic N) is 1. The van der Waals surface area contributed by atoms with Gasteiger partial charge in [0.05, 0.1) is 8.07 Å². The molecule has 2 heteroatoms. The average molecular weight is 169 g/mol. The van der Waals surface area contributed by atoms with E-state index in [1.54, 1.807) is 37.0 Å². The van der Waals surface area contributed by atoms with E-state index in [0.717, 1.165) is 0 Å². The van der Waals surface area contributed by atoms with Gasteiger partial charge in [0.1, 0.15) is 0 Å². The summed E-state index contributed by atoms with van der Waals surface area (Å²) in [5.41, 5.74) is 0. The van der Waals surface area contributed by atoms with Crippen LogP contribution < -0.4 is 0 Å². The van der Waals surface area contributed by atoms with Crippen LogP contribution in [-0.2, 0) is 0 Å². The smallest absolute Gasteiger partial charge is 0.0561 e. The van der Waals surface area contributed by atoms with Gasteiger partial charge in [-0.3, -0.25) is 0 Å². The minimum atomic E-state index is -0.603. The summed E-state index contributed by atoms with van der Waals surface area (Å²) in [6, 6.07) is 6.56. The zero-order valence-electron chi connectivity index (χ0n) is 7.60. The van der Waals surface area contributed by atoms with Gasteiger partial charge in [-0.25, -0.2) is 0 Å². The van der Waals surface area contributed by atoms with Gasteiger partial charge in [-0.2, -0.15) is 0 Å². The molecule has 11 heavy (non-hydrogen) atoms. The van der Waals surface area contributed by atoms with Crippen molar-refractivity contribution in [3.63, 3.8) is 0 Å². The molecule has 0 aromatic carbocycles. The van der Waals surface area contributed by atoms with E-state index in [-0.39, 0.29) is 0 Å². The Morgan fingerprint density at radius 1 is 0.909 bits per heavy atom. The molecule has 0 aliphatic carbocycles. The first-order valence-corrected chi connectivity index (χ1v) is 7.82. The predicted octanol–water partition coefficient (Wildman–Crippen LogP) is 2.17. The Labute approximate surface area is 70.8 Å². The molecule has 2 rings (SSSR count). The normalized spacial score (nSPS) is 31.4. The first kappa shape index (κ1) is 7.81. The van der Waals surface area contributed by atoms with E-state index in [0.29, 0.717) is 0 Å². The minimum absolute atomic E-state index is 0.603. The Hall–Kier alpha value is 0.177. The second-order valence-electron chi connectivity index (χ2n) is 4.51. The first-order chi connectivity index (χ1) is 5.31. The van der Waals surface area contributed by atoms with Crippen molar-refractivity contribution in [2.75, 3.05) is 20.1 Å². The molecule has 64 valence electrons. The lowest BCUT2D eigenvalue weighted by Crippen LogP contribution is -2.43. The lowest BCUT2D eigenvalue weighted by atomic mass is 10.4. The molecular formula is C9H19NSi. The Morgan fingerprint density at radius 2 is 1.45 bits per heavy atom. The van der Waals surface area contributed by atoms with Crippen molar-refractivity contribution in [1.29, 1.82) is 0 Å². The largest absolute Gasteiger partial charge is 0.307 e. The van der Waals surface area contributed by atoms with E-state index in [2.05, 4.69) is 11.9 Å². The molecular weight excluding hydrogens is 150 g/mol. The summed E-state index contributed by atoms with van der Waals surface area (Å²) in [4.78, 5) is 2.51. The Balaban J connectivity index is 1.94. The fraction of sp³-hybridized carbons (Fsp3) is 1.00. The van der Waals surface area contributed by atoms with Gasteiger partial charge in [0.2, 0.25) is 0 Å². The zero-order chi connectivity index (χ0) is 7.73. The highest BCUT2D eigenvalue weighted by molar-refractivity contribution is 6.80. The van der Waals surface area contributed by atoms with E-state index in [4.69, 9.17) is 0 Å². The molecule has 2 fully saturated rings. The van der Waals surface area contributed by atoms with Gasteiger partial charge in [-0.1, -0.05) is 24.9 Å². The van der Waals surface area contributed by atoms with Gasteiger partial charge in [0.25, 0.3) is 0 Å². The van der Waals surface area contributed by atoms with Gasteiger partial charge < -0.3 is 4.90 Å². The van der Waals surface area contributed by atoms with Gasteiger partial charge >= 0.3 is 0 Å². The Bertz CT molecular complexity index is 130. The molecule has 0 atom stereocenters. The van der Waals surface area contributed by atoms with E-state index in [1.807, 2.05) is 0 Å². The summed E-state index contributed by atoms with van der Waals surface area (Å²) in [6.07, 6.45) is 3.13. The van der Waals surface area contributed by atoms with Crippen molar-refractivity contribution >= 4 is 8.07 Å². The number of hydrogen-bond donors (Lipinski definition) is 0. The third kappa shape index (κ3) is 1.52. The van der Waals surface area contributed by atoms with Crippen LogP contribution >= 0.6 is 0 Å². The molecule has 0 aromatic rings. The van der Waals surface area contributed by atoms with Crippen LogP contribution in [0.1, 0.15) is 12.8 Å². The lowest BCUT2D eigenvalue weighted by molar-refractivity contribution is 0.354. The summed E-state index contributed by atoms with van der Waals surface area (Å²) >= 11 is 0. The van der Waals surface area contributed by atoms with E-state index in [1.165, 1.54) is 13.1 Å². The van der Waals surface area contributed by atoms with Crippen molar-refractivity contribution in [2.45, 2.75) is 37.0 Å². The maximum absolute atomic E-state index is 2.51. The second kappa shape index (κ2) is 2.90. The van der Waals surface area contributed by atoms with Crippen LogP contribution in [0.5, 0.6) is 0 Å². The van der Waals surface area contributed by atoms with Gasteiger partial charge in [-0.15, -0.1) is 0 Å². The van der Waals surface area contributed by atoms with Gasteiger partial charge in [0.15, 0.2) is 0 Å². The second-order valence-corrected chi connectivity index (χ2v) is 9.51. The van der Waals surface area contributed by atoms with E-state index in [9.17, 15) is 0 Å². The predicted molar refractivity (Wildman–Crippen MR) is 51.7 cm³/mol. The molecule has 0 amide bonds. The Morgan fingerprint density at radius 3 is 2.00 bits per heavy atom. The summed E-state index contributed by atoms with van der Waals surface area (Å²) in [5.74, 6) is 0. The van der Waals surface area contributed by atoms with Crippen LogP contribution in [-0.4, -0.2) is 33.1 Å². The van der Waals surface area contributed by atoms with Crippen molar-refractivity contribution in [2.24, 2.45) is 0 Å². The highest BCUT2D eigenvalue weighted by Gasteiger charge is 2.37. The molecule has 1 nitrogen and oxygen atoms in total. The van der Waals surface area contributed by atoms with Gasteiger partial charge in [0, 0.05) is 0 Å². The summed E-state index contributed by atoms with van der Waals surface area (Å²) in [7, 11) is 1.67. The molecule has 0 aromatic heterocycles. The molecule has 0 saturated carbocycles. The summed E-state index contributed by atoms with van der Waals surface area (Å²) in [6.45, 7) is 2.82. The maximum atomic E-state index is 2.51. The summed E-state index contributed by atoms with van der Waals surface area (Å²) < 4.78 is 0. The number of rotatable bonds is 0. The van der Waals surface area contributed by atoms with Crippen LogP contribution in [0.2, 0.25) is 24.2 Å². The highest BCUT2D eigenvalue weighted by Crippen LogP contribution is 2.38. The molecule has 0 radical (unpaired) electrons. The fourth-order valence-corrected chi connectivity index (χ4v) is 7.93. The van der Waals surface area contributed by atoms with E-state index < -0.39 is 8.07 Å². The average Bonchev–Trinajstić information content (AvgIpc) is 2.45. The van der Waals surface area contributed by atoms with Crippen LogP contribution in [0, 0.1) is 0 Å². The van der Waals surface area contributed by atoms with Crippen LogP contribution in [0.3, 0.4) is 0 Å². The minimum Gasteiger partial charge on any atom is -0.307 e. The quantitative estimate of drug-likeness (QED) is 0.502. The molecule has 0 N–H and O–H groups in total. The molecule has 2 heterocycles. The van der Waals surface area contributed by atoms with Crippen LogP contribution in [0.25, 0.3) is 0 Å².